The normalized spacial score (nSPS) is 12.4. The number of likely N-dealkylation sites (N-methyl/N-ethyl adjacent to an activating group) is 1. The van der Waals surface area contributed by atoms with E-state index in [-0.39, 0.29) is 5.91 Å². The molecule has 0 aliphatic carbocycles. The molecular weight excluding hydrogens is 248 g/mol. The number of aryl methyl sites for hydroxylation is 1. The summed E-state index contributed by atoms with van der Waals surface area (Å²) in [6, 6.07) is 2.40. The van der Waals surface area contributed by atoms with Gasteiger partial charge in [-0.05, 0) is 26.0 Å². The Hall–Kier alpha value is -2.44. The lowest BCUT2D eigenvalue weighted by molar-refractivity contribution is -0.141. The van der Waals surface area contributed by atoms with Crippen LogP contribution in [0.1, 0.15) is 23.1 Å². The maximum atomic E-state index is 12.2. The fraction of sp³-hybridized carbons (Fsp3) is 0.333. The van der Waals surface area contributed by atoms with Crippen molar-refractivity contribution in [1.82, 2.24) is 19.5 Å². The summed E-state index contributed by atoms with van der Waals surface area (Å²) in [5.41, 5.74) is 1.04. The number of nitrogens with zero attached hydrogens (tertiary/aromatic N) is 4. The number of aliphatic carboxylic acids is 1. The van der Waals surface area contributed by atoms with E-state index in [9.17, 15) is 9.59 Å². The van der Waals surface area contributed by atoms with Gasteiger partial charge < -0.3 is 10.0 Å². The molecule has 2 heterocycles. The van der Waals surface area contributed by atoms with E-state index in [1.54, 1.807) is 29.7 Å². The maximum Gasteiger partial charge on any atom is 0.326 e. The van der Waals surface area contributed by atoms with Gasteiger partial charge in [-0.3, -0.25) is 9.20 Å². The predicted octanol–water partition coefficient (Wildman–Crippen LogP) is 0.583. The van der Waals surface area contributed by atoms with E-state index in [0.717, 1.165) is 0 Å². The Balaban J connectivity index is 2.35. The molecule has 7 heteroatoms. The fourth-order valence-electron chi connectivity index (χ4n) is 1.68. The SMILES string of the molecule is Cc1nnc2ccc(C(=O)N(C)C(C)C(=O)O)cn12. The minimum atomic E-state index is -1.04. The van der Waals surface area contributed by atoms with Crippen LogP contribution in [-0.2, 0) is 4.79 Å². The number of carboxylic acids is 1. The van der Waals surface area contributed by atoms with Crippen LogP contribution in [0.25, 0.3) is 5.65 Å². The van der Waals surface area contributed by atoms with Crippen molar-refractivity contribution < 1.29 is 14.7 Å². The number of pyridine rings is 1. The standard InChI is InChI=1S/C12H14N4O3/c1-7(12(18)19)15(3)11(17)9-4-5-10-14-13-8(2)16(10)6-9/h4-7H,1-3H3,(H,18,19). The van der Waals surface area contributed by atoms with E-state index in [1.165, 1.54) is 18.9 Å². The Kier molecular flexibility index (Phi) is 3.20. The molecule has 0 spiro atoms. The molecule has 7 nitrogen and oxygen atoms in total. The molecule has 0 bridgehead atoms. The van der Waals surface area contributed by atoms with Crippen molar-refractivity contribution in [3.63, 3.8) is 0 Å². The molecule has 0 fully saturated rings. The van der Waals surface area contributed by atoms with E-state index in [0.29, 0.717) is 17.0 Å². The van der Waals surface area contributed by atoms with Gasteiger partial charge in [0.1, 0.15) is 11.9 Å². The van der Waals surface area contributed by atoms with E-state index in [1.807, 2.05) is 0 Å². The van der Waals surface area contributed by atoms with Crippen LogP contribution in [-0.4, -0.2) is 49.6 Å². The molecule has 2 aromatic rings. The van der Waals surface area contributed by atoms with Crippen LogP contribution in [0.4, 0.5) is 0 Å². The second-order valence-electron chi connectivity index (χ2n) is 4.32. The van der Waals surface area contributed by atoms with Crippen molar-refractivity contribution in [1.29, 1.82) is 0 Å². The lowest BCUT2D eigenvalue weighted by atomic mass is 10.2. The highest BCUT2D eigenvalue weighted by Gasteiger charge is 2.23. The summed E-state index contributed by atoms with van der Waals surface area (Å²) in [7, 11) is 1.46. The van der Waals surface area contributed by atoms with Gasteiger partial charge in [0.05, 0.1) is 5.56 Å². The van der Waals surface area contributed by atoms with E-state index in [4.69, 9.17) is 5.11 Å². The summed E-state index contributed by atoms with van der Waals surface area (Å²) in [5, 5.41) is 16.7. The van der Waals surface area contributed by atoms with Gasteiger partial charge in [0.15, 0.2) is 5.65 Å². The van der Waals surface area contributed by atoms with Crippen LogP contribution >= 0.6 is 0 Å². The van der Waals surface area contributed by atoms with Crippen LogP contribution in [0.2, 0.25) is 0 Å². The number of carbonyl (C=O) groups excluding carboxylic acids is 1. The average molecular weight is 262 g/mol. The Bertz CT molecular complexity index is 649. The van der Waals surface area contributed by atoms with Gasteiger partial charge in [0.25, 0.3) is 5.91 Å². The molecule has 0 saturated carbocycles. The number of carboxylic acid groups (broad SMARTS) is 1. The van der Waals surface area contributed by atoms with E-state index in [2.05, 4.69) is 10.2 Å². The molecule has 100 valence electrons. The molecule has 0 aromatic carbocycles. The summed E-state index contributed by atoms with van der Waals surface area (Å²) in [6.45, 7) is 3.24. The lowest BCUT2D eigenvalue weighted by Gasteiger charge is -2.21. The van der Waals surface area contributed by atoms with Crippen molar-refractivity contribution in [3.8, 4) is 0 Å². The largest absolute Gasteiger partial charge is 0.480 e. The number of hydrogen-bond donors (Lipinski definition) is 1. The van der Waals surface area contributed by atoms with Gasteiger partial charge in [0.2, 0.25) is 0 Å². The second kappa shape index (κ2) is 4.68. The highest BCUT2D eigenvalue weighted by molar-refractivity contribution is 5.96. The topological polar surface area (TPSA) is 87.8 Å². The van der Waals surface area contributed by atoms with E-state index < -0.39 is 12.0 Å². The molecule has 1 unspecified atom stereocenters. The molecule has 2 aromatic heterocycles. The molecule has 1 atom stereocenters. The number of rotatable bonds is 3. The zero-order valence-electron chi connectivity index (χ0n) is 10.9. The molecule has 2 rings (SSSR count). The van der Waals surface area contributed by atoms with Crippen LogP contribution in [0.3, 0.4) is 0 Å². The fourth-order valence-corrected chi connectivity index (χ4v) is 1.68. The number of amides is 1. The minimum Gasteiger partial charge on any atom is -0.480 e. The third-order valence-corrected chi connectivity index (χ3v) is 3.08. The van der Waals surface area contributed by atoms with Gasteiger partial charge in [0, 0.05) is 13.2 Å². The zero-order valence-corrected chi connectivity index (χ0v) is 10.9. The second-order valence-corrected chi connectivity index (χ2v) is 4.32. The molecular formula is C12H14N4O3. The Labute approximate surface area is 109 Å². The predicted molar refractivity (Wildman–Crippen MR) is 66.9 cm³/mol. The van der Waals surface area contributed by atoms with Crippen molar-refractivity contribution in [2.75, 3.05) is 7.05 Å². The number of carbonyl (C=O) groups is 2. The molecule has 0 aliphatic heterocycles. The smallest absolute Gasteiger partial charge is 0.326 e. The monoisotopic (exact) mass is 262 g/mol. The van der Waals surface area contributed by atoms with Gasteiger partial charge in [-0.25, -0.2) is 4.79 Å². The third-order valence-electron chi connectivity index (χ3n) is 3.08. The van der Waals surface area contributed by atoms with E-state index >= 15 is 0 Å². The molecule has 0 saturated heterocycles. The van der Waals surface area contributed by atoms with Gasteiger partial charge in [-0.1, -0.05) is 0 Å². The first-order valence-electron chi connectivity index (χ1n) is 5.73. The molecule has 0 aliphatic rings. The highest BCUT2D eigenvalue weighted by atomic mass is 16.4. The summed E-state index contributed by atoms with van der Waals surface area (Å²) in [4.78, 5) is 24.2. The van der Waals surface area contributed by atoms with Crippen LogP contribution in [0.5, 0.6) is 0 Å². The van der Waals surface area contributed by atoms with Crippen molar-refractivity contribution in [2.24, 2.45) is 0 Å². The van der Waals surface area contributed by atoms with Gasteiger partial charge in [-0.2, -0.15) is 0 Å². The van der Waals surface area contributed by atoms with Crippen LogP contribution in [0.15, 0.2) is 18.3 Å². The first-order chi connectivity index (χ1) is 8.91. The average Bonchev–Trinajstić information content (AvgIpc) is 2.77. The summed E-state index contributed by atoms with van der Waals surface area (Å²) < 4.78 is 1.69. The first kappa shape index (κ1) is 13.0. The van der Waals surface area contributed by atoms with Crippen molar-refractivity contribution in [3.05, 3.63) is 29.7 Å². The minimum absolute atomic E-state index is 0.357. The van der Waals surface area contributed by atoms with Crippen molar-refractivity contribution >= 4 is 17.5 Å². The van der Waals surface area contributed by atoms with Gasteiger partial charge >= 0.3 is 5.97 Å². The molecule has 0 radical (unpaired) electrons. The van der Waals surface area contributed by atoms with Crippen LogP contribution in [0, 0.1) is 6.92 Å². The Morgan fingerprint density at radius 3 is 2.68 bits per heavy atom. The molecule has 1 amide bonds. The summed E-state index contributed by atoms with van der Waals surface area (Å²) in [6.07, 6.45) is 1.61. The van der Waals surface area contributed by atoms with Crippen LogP contribution < -0.4 is 0 Å². The number of hydrogen-bond acceptors (Lipinski definition) is 4. The maximum absolute atomic E-state index is 12.2. The zero-order chi connectivity index (χ0) is 14.2. The Morgan fingerprint density at radius 2 is 2.05 bits per heavy atom. The third kappa shape index (κ3) is 2.26. The number of fused-ring (bicyclic) bond motifs is 1. The summed E-state index contributed by atoms with van der Waals surface area (Å²) >= 11 is 0. The Morgan fingerprint density at radius 1 is 1.37 bits per heavy atom. The van der Waals surface area contributed by atoms with Crippen molar-refractivity contribution in [2.45, 2.75) is 19.9 Å². The molecule has 19 heavy (non-hydrogen) atoms. The first-order valence-corrected chi connectivity index (χ1v) is 5.73. The number of aromatic nitrogens is 3. The van der Waals surface area contributed by atoms with Gasteiger partial charge in [-0.15, -0.1) is 10.2 Å². The summed E-state index contributed by atoms with van der Waals surface area (Å²) in [5.74, 6) is -0.735. The highest BCUT2D eigenvalue weighted by Crippen LogP contribution is 2.10. The quantitative estimate of drug-likeness (QED) is 0.874. The molecule has 1 N–H and O–H groups in total. The lowest BCUT2D eigenvalue weighted by Crippen LogP contribution is -2.40.